The van der Waals surface area contributed by atoms with Crippen LogP contribution in [0.1, 0.15) is 39.5 Å². The summed E-state index contributed by atoms with van der Waals surface area (Å²) in [5.41, 5.74) is 0. The molecule has 21 heavy (non-hydrogen) atoms. The van der Waals surface area contributed by atoms with Crippen LogP contribution in [0.4, 0.5) is 4.79 Å². The van der Waals surface area contributed by atoms with Crippen molar-refractivity contribution in [2.24, 2.45) is 5.92 Å². The molecule has 6 heteroatoms. The Morgan fingerprint density at radius 1 is 1.33 bits per heavy atom. The van der Waals surface area contributed by atoms with Crippen LogP contribution in [0.2, 0.25) is 0 Å². The van der Waals surface area contributed by atoms with Crippen molar-refractivity contribution >= 4 is 11.9 Å². The number of nitrogens with one attached hydrogen (secondary N) is 3. The number of piperidine rings is 1. The third-order valence-electron chi connectivity index (χ3n) is 4.33. The molecule has 2 unspecified atom stereocenters. The van der Waals surface area contributed by atoms with Crippen molar-refractivity contribution in [3.63, 3.8) is 0 Å². The van der Waals surface area contributed by atoms with E-state index in [-0.39, 0.29) is 11.9 Å². The number of amides is 3. The third-order valence-corrected chi connectivity index (χ3v) is 4.33. The number of imide groups is 1. The molecule has 0 spiro atoms. The van der Waals surface area contributed by atoms with Crippen LogP contribution >= 0.6 is 0 Å². The number of urea groups is 1. The van der Waals surface area contributed by atoms with Crippen molar-refractivity contribution < 1.29 is 9.59 Å². The van der Waals surface area contributed by atoms with Crippen LogP contribution in [0, 0.1) is 5.92 Å². The molecule has 1 aliphatic carbocycles. The molecular formula is C15H28N4O2. The molecule has 1 saturated heterocycles. The van der Waals surface area contributed by atoms with E-state index in [2.05, 4.69) is 20.9 Å². The highest BCUT2D eigenvalue weighted by Gasteiger charge is 2.36. The molecule has 1 saturated carbocycles. The van der Waals surface area contributed by atoms with Gasteiger partial charge in [0.2, 0.25) is 5.91 Å². The van der Waals surface area contributed by atoms with Crippen LogP contribution in [0.15, 0.2) is 0 Å². The third kappa shape index (κ3) is 4.97. The van der Waals surface area contributed by atoms with Gasteiger partial charge in [-0.2, -0.15) is 0 Å². The van der Waals surface area contributed by atoms with E-state index >= 15 is 0 Å². The summed E-state index contributed by atoms with van der Waals surface area (Å²) in [6, 6.07) is -0.131. The molecule has 2 fully saturated rings. The summed E-state index contributed by atoms with van der Waals surface area (Å²) in [6.45, 7) is 7.35. The fraction of sp³-hybridized carbons (Fsp3) is 0.867. The summed E-state index contributed by atoms with van der Waals surface area (Å²) < 4.78 is 0. The van der Waals surface area contributed by atoms with Crippen molar-refractivity contribution in [1.29, 1.82) is 0 Å². The molecule has 3 amide bonds. The molecular weight excluding hydrogens is 268 g/mol. The minimum atomic E-state index is -0.399. The van der Waals surface area contributed by atoms with Crippen LogP contribution in [-0.4, -0.2) is 55.1 Å². The second kappa shape index (κ2) is 7.75. The molecule has 2 rings (SSSR count). The summed E-state index contributed by atoms with van der Waals surface area (Å²) in [7, 11) is 0. The molecule has 2 aliphatic rings. The normalized spacial score (nSPS) is 23.7. The molecule has 0 aromatic carbocycles. The first-order valence-corrected chi connectivity index (χ1v) is 8.17. The average Bonchev–Trinajstić information content (AvgIpc) is 3.30. The highest BCUT2D eigenvalue weighted by molar-refractivity contribution is 5.96. The lowest BCUT2D eigenvalue weighted by molar-refractivity contribution is -0.125. The number of rotatable bonds is 6. The summed E-state index contributed by atoms with van der Waals surface area (Å²) in [5.74, 6) is 0.413. The second-order valence-electron chi connectivity index (χ2n) is 6.17. The van der Waals surface area contributed by atoms with Crippen molar-refractivity contribution in [2.45, 2.75) is 51.6 Å². The van der Waals surface area contributed by atoms with E-state index in [4.69, 9.17) is 0 Å². The molecule has 120 valence electrons. The highest BCUT2D eigenvalue weighted by Crippen LogP contribution is 2.30. The lowest BCUT2D eigenvalue weighted by atomic mass is 9.98. The Morgan fingerprint density at radius 3 is 2.67 bits per heavy atom. The van der Waals surface area contributed by atoms with E-state index in [9.17, 15) is 9.59 Å². The maximum absolute atomic E-state index is 12.2. The number of nitrogens with zero attached hydrogens (tertiary/aromatic N) is 1. The maximum atomic E-state index is 12.2. The van der Waals surface area contributed by atoms with E-state index in [0.29, 0.717) is 18.5 Å². The van der Waals surface area contributed by atoms with Gasteiger partial charge in [0.05, 0.1) is 6.04 Å². The Hall–Kier alpha value is -1.14. The summed E-state index contributed by atoms with van der Waals surface area (Å²) in [4.78, 5) is 26.0. The van der Waals surface area contributed by atoms with Crippen LogP contribution in [0.3, 0.4) is 0 Å². The zero-order chi connectivity index (χ0) is 15.2. The quantitative estimate of drug-likeness (QED) is 0.674. The van der Waals surface area contributed by atoms with Crippen LogP contribution in [0.25, 0.3) is 0 Å². The summed E-state index contributed by atoms with van der Waals surface area (Å²) >= 11 is 0. The maximum Gasteiger partial charge on any atom is 0.321 e. The number of carbonyl (C=O) groups is 2. The van der Waals surface area contributed by atoms with Crippen molar-refractivity contribution in [3.8, 4) is 0 Å². The standard InChI is InChI=1S/C15H28N4O2/c1-3-17-15(21)18-14(20)11(2)19(13-6-7-13)10-12-5-4-8-16-9-12/h11-13,16H,3-10H2,1-2H3,(H2,17,18,20,21). The first-order chi connectivity index (χ1) is 10.1. The van der Waals surface area contributed by atoms with Crippen molar-refractivity contribution in [1.82, 2.24) is 20.9 Å². The monoisotopic (exact) mass is 296 g/mol. The van der Waals surface area contributed by atoms with E-state index in [1.807, 2.05) is 13.8 Å². The predicted octanol–water partition coefficient (Wildman–Crippen LogP) is 0.685. The molecule has 0 radical (unpaired) electrons. The minimum Gasteiger partial charge on any atom is -0.338 e. The smallest absolute Gasteiger partial charge is 0.321 e. The molecule has 6 nitrogen and oxygen atoms in total. The van der Waals surface area contributed by atoms with Gasteiger partial charge in [0, 0.05) is 19.1 Å². The summed E-state index contributed by atoms with van der Waals surface area (Å²) in [5, 5.41) is 8.46. The van der Waals surface area contributed by atoms with Gasteiger partial charge in [0.25, 0.3) is 0 Å². The topological polar surface area (TPSA) is 73.5 Å². The van der Waals surface area contributed by atoms with Gasteiger partial charge >= 0.3 is 6.03 Å². The molecule has 0 bridgehead atoms. The Balaban J connectivity index is 1.87. The first kappa shape index (κ1) is 16.2. The predicted molar refractivity (Wildman–Crippen MR) is 82.0 cm³/mol. The van der Waals surface area contributed by atoms with Crippen LogP contribution in [-0.2, 0) is 4.79 Å². The Kier molecular flexibility index (Phi) is 5.99. The fourth-order valence-electron chi connectivity index (χ4n) is 2.98. The van der Waals surface area contributed by atoms with Gasteiger partial charge in [-0.05, 0) is 58.5 Å². The van der Waals surface area contributed by atoms with Gasteiger partial charge in [-0.25, -0.2) is 4.79 Å². The average molecular weight is 296 g/mol. The number of hydrogen-bond acceptors (Lipinski definition) is 4. The van der Waals surface area contributed by atoms with E-state index < -0.39 is 6.03 Å². The van der Waals surface area contributed by atoms with Crippen molar-refractivity contribution in [2.75, 3.05) is 26.2 Å². The van der Waals surface area contributed by atoms with Gasteiger partial charge < -0.3 is 10.6 Å². The molecule has 0 aromatic heterocycles. The van der Waals surface area contributed by atoms with Gasteiger partial charge in [-0.1, -0.05) is 0 Å². The number of carbonyl (C=O) groups excluding carboxylic acids is 2. The lowest BCUT2D eigenvalue weighted by Crippen LogP contribution is -2.52. The molecule has 2 atom stereocenters. The Bertz CT molecular complexity index is 365. The van der Waals surface area contributed by atoms with Crippen LogP contribution in [0.5, 0.6) is 0 Å². The Labute approximate surface area is 127 Å². The van der Waals surface area contributed by atoms with Gasteiger partial charge in [-0.3, -0.25) is 15.0 Å². The van der Waals surface area contributed by atoms with Crippen molar-refractivity contribution in [3.05, 3.63) is 0 Å². The van der Waals surface area contributed by atoms with E-state index in [1.54, 1.807) is 0 Å². The molecule has 3 N–H and O–H groups in total. The molecule has 1 aliphatic heterocycles. The number of hydrogen-bond donors (Lipinski definition) is 3. The zero-order valence-corrected chi connectivity index (χ0v) is 13.2. The van der Waals surface area contributed by atoms with Gasteiger partial charge in [-0.15, -0.1) is 0 Å². The van der Waals surface area contributed by atoms with E-state index in [0.717, 1.165) is 19.6 Å². The van der Waals surface area contributed by atoms with Gasteiger partial charge in [0.1, 0.15) is 0 Å². The highest BCUT2D eigenvalue weighted by atomic mass is 16.2. The van der Waals surface area contributed by atoms with E-state index in [1.165, 1.54) is 25.7 Å². The van der Waals surface area contributed by atoms with Crippen LogP contribution < -0.4 is 16.0 Å². The summed E-state index contributed by atoms with van der Waals surface area (Å²) in [6.07, 6.45) is 4.77. The minimum absolute atomic E-state index is 0.198. The largest absolute Gasteiger partial charge is 0.338 e. The van der Waals surface area contributed by atoms with Gasteiger partial charge in [0.15, 0.2) is 0 Å². The molecule has 0 aromatic rings. The lowest BCUT2D eigenvalue weighted by Gasteiger charge is -2.33. The Morgan fingerprint density at radius 2 is 2.10 bits per heavy atom. The fourth-order valence-corrected chi connectivity index (χ4v) is 2.98. The zero-order valence-electron chi connectivity index (χ0n) is 13.2. The molecule has 1 heterocycles. The first-order valence-electron chi connectivity index (χ1n) is 8.17. The SMILES string of the molecule is CCNC(=O)NC(=O)C(C)N(CC1CCCNC1)C1CC1. The second-order valence-corrected chi connectivity index (χ2v) is 6.17.